The number of thioether (sulfide) groups is 1. The van der Waals surface area contributed by atoms with Crippen LogP contribution in [0.1, 0.15) is 44.3 Å². The van der Waals surface area contributed by atoms with Crippen molar-refractivity contribution in [2.24, 2.45) is 5.92 Å². The first-order chi connectivity index (χ1) is 8.16. The van der Waals surface area contributed by atoms with Crippen molar-refractivity contribution in [1.82, 2.24) is 0 Å². The quantitative estimate of drug-likeness (QED) is 0.814. The van der Waals surface area contributed by atoms with Gasteiger partial charge in [0.05, 0.1) is 6.10 Å². The number of hydrogen-bond donors (Lipinski definition) is 1. The smallest absolute Gasteiger partial charge is 0.123 e. The molecule has 1 aliphatic carbocycles. The summed E-state index contributed by atoms with van der Waals surface area (Å²) in [4.78, 5) is 1.02. The van der Waals surface area contributed by atoms with Crippen molar-refractivity contribution in [2.45, 2.75) is 43.6 Å². The predicted molar refractivity (Wildman–Crippen MR) is 69.7 cm³/mol. The summed E-state index contributed by atoms with van der Waals surface area (Å²) < 4.78 is 13.1. The van der Waals surface area contributed by atoms with Gasteiger partial charge >= 0.3 is 0 Å². The molecule has 1 fully saturated rings. The Balaban J connectivity index is 2.03. The third-order valence-corrected chi connectivity index (χ3v) is 4.69. The summed E-state index contributed by atoms with van der Waals surface area (Å²) in [7, 11) is 0. The van der Waals surface area contributed by atoms with Crippen molar-refractivity contribution in [3.8, 4) is 0 Å². The number of aliphatic hydroxyl groups excluding tert-OH is 1. The molecule has 1 nitrogen and oxygen atoms in total. The fourth-order valence-corrected chi connectivity index (χ4v) is 3.67. The lowest BCUT2D eigenvalue weighted by atomic mass is 10.1. The van der Waals surface area contributed by atoms with E-state index < -0.39 is 6.10 Å². The van der Waals surface area contributed by atoms with Gasteiger partial charge in [-0.15, -0.1) is 11.8 Å². The molecule has 1 aromatic carbocycles. The third kappa shape index (κ3) is 3.46. The number of rotatable bonds is 4. The molecule has 17 heavy (non-hydrogen) atoms. The first kappa shape index (κ1) is 12.9. The normalized spacial score (nSPS) is 18.5. The van der Waals surface area contributed by atoms with Crippen LogP contribution < -0.4 is 0 Å². The van der Waals surface area contributed by atoms with Crippen LogP contribution in [0.25, 0.3) is 0 Å². The zero-order valence-electron chi connectivity index (χ0n) is 10.2. The van der Waals surface area contributed by atoms with Crippen molar-refractivity contribution in [2.75, 3.05) is 5.75 Å². The van der Waals surface area contributed by atoms with E-state index in [9.17, 15) is 9.50 Å². The largest absolute Gasteiger partial charge is 0.389 e. The van der Waals surface area contributed by atoms with Crippen LogP contribution in [0.15, 0.2) is 23.1 Å². The van der Waals surface area contributed by atoms with Crippen molar-refractivity contribution in [3.63, 3.8) is 0 Å². The molecule has 0 unspecified atom stereocenters. The molecule has 1 N–H and O–H groups in total. The molecule has 0 amide bonds. The second-order valence-corrected chi connectivity index (χ2v) is 5.88. The fraction of sp³-hybridized carbons (Fsp3) is 0.571. The minimum atomic E-state index is -0.600. The number of aliphatic hydroxyl groups is 1. The van der Waals surface area contributed by atoms with Gasteiger partial charge < -0.3 is 5.11 Å². The molecule has 94 valence electrons. The van der Waals surface area contributed by atoms with Gasteiger partial charge in [-0.2, -0.15) is 0 Å². The molecule has 0 spiro atoms. The highest BCUT2D eigenvalue weighted by Gasteiger charge is 2.17. The molecule has 1 aliphatic rings. The zero-order chi connectivity index (χ0) is 12.3. The van der Waals surface area contributed by atoms with Crippen LogP contribution in [0.2, 0.25) is 0 Å². The van der Waals surface area contributed by atoms with E-state index in [1.165, 1.54) is 37.8 Å². The number of benzene rings is 1. The molecular weight excluding hydrogens is 235 g/mol. The Morgan fingerprint density at radius 2 is 2.12 bits per heavy atom. The van der Waals surface area contributed by atoms with Gasteiger partial charge in [0, 0.05) is 10.6 Å². The maximum atomic E-state index is 13.1. The molecule has 0 bridgehead atoms. The Labute approximate surface area is 106 Å². The van der Waals surface area contributed by atoms with Crippen LogP contribution in [-0.2, 0) is 0 Å². The van der Waals surface area contributed by atoms with Crippen molar-refractivity contribution in [1.29, 1.82) is 0 Å². The van der Waals surface area contributed by atoms with Gasteiger partial charge in [0.25, 0.3) is 0 Å². The van der Waals surface area contributed by atoms with E-state index in [1.807, 2.05) is 0 Å². The second-order valence-electron chi connectivity index (χ2n) is 4.82. The van der Waals surface area contributed by atoms with Gasteiger partial charge in [0.15, 0.2) is 0 Å². The van der Waals surface area contributed by atoms with Gasteiger partial charge in [-0.05, 0) is 49.4 Å². The van der Waals surface area contributed by atoms with E-state index in [0.29, 0.717) is 5.56 Å². The summed E-state index contributed by atoms with van der Waals surface area (Å²) in [6, 6.07) is 4.71. The standard InChI is InChI=1S/C14H19FOS/c1-10(16)13-8-12(15)6-7-14(13)17-9-11-4-2-3-5-11/h6-8,10-11,16H,2-5,9H2,1H3/t10-/m0/s1. The molecule has 2 rings (SSSR count). The Bertz CT molecular complexity index is 372. The minimum Gasteiger partial charge on any atom is -0.389 e. The topological polar surface area (TPSA) is 20.2 Å². The van der Waals surface area contributed by atoms with Gasteiger partial charge in [-0.1, -0.05) is 12.8 Å². The van der Waals surface area contributed by atoms with Gasteiger partial charge in [-0.25, -0.2) is 4.39 Å². The van der Waals surface area contributed by atoms with Crippen molar-refractivity contribution in [3.05, 3.63) is 29.6 Å². The molecule has 1 saturated carbocycles. The molecule has 0 radical (unpaired) electrons. The second kappa shape index (κ2) is 5.87. The summed E-state index contributed by atoms with van der Waals surface area (Å²) >= 11 is 1.75. The highest BCUT2D eigenvalue weighted by molar-refractivity contribution is 7.99. The van der Waals surface area contributed by atoms with E-state index in [0.717, 1.165) is 16.6 Å². The highest BCUT2D eigenvalue weighted by atomic mass is 32.2. The summed E-state index contributed by atoms with van der Waals surface area (Å²) in [5.74, 6) is 1.61. The Morgan fingerprint density at radius 3 is 2.76 bits per heavy atom. The Morgan fingerprint density at radius 1 is 1.41 bits per heavy atom. The van der Waals surface area contributed by atoms with E-state index in [4.69, 9.17) is 0 Å². The van der Waals surface area contributed by atoms with Crippen molar-refractivity contribution < 1.29 is 9.50 Å². The molecule has 1 aromatic rings. The van der Waals surface area contributed by atoms with Crippen molar-refractivity contribution >= 4 is 11.8 Å². The average Bonchev–Trinajstić information content (AvgIpc) is 2.80. The van der Waals surface area contributed by atoms with Crippen LogP contribution >= 0.6 is 11.8 Å². The molecular formula is C14H19FOS. The van der Waals surface area contributed by atoms with Crippen LogP contribution in [-0.4, -0.2) is 10.9 Å². The Kier molecular flexibility index (Phi) is 4.46. The van der Waals surface area contributed by atoms with Crippen LogP contribution in [0.3, 0.4) is 0 Å². The molecule has 0 heterocycles. The van der Waals surface area contributed by atoms with E-state index in [-0.39, 0.29) is 5.82 Å². The lowest BCUT2D eigenvalue weighted by Crippen LogP contribution is -2.00. The van der Waals surface area contributed by atoms with E-state index >= 15 is 0 Å². The maximum Gasteiger partial charge on any atom is 0.123 e. The van der Waals surface area contributed by atoms with E-state index in [2.05, 4.69) is 0 Å². The van der Waals surface area contributed by atoms with Crippen LogP contribution in [0.5, 0.6) is 0 Å². The molecule has 3 heteroatoms. The molecule has 1 atom stereocenters. The summed E-state index contributed by atoms with van der Waals surface area (Å²) in [6.45, 7) is 1.69. The monoisotopic (exact) mass is 254 g/mol. The van der Waals surface area contributed by atoms with Crippen LogP contribution in [0, 0.1) is 11.7 Å². The first-order valence-electron chi connectivity index (χ1n) is 6.27. The SMILES string of the molecule is C[C@H](O)c1cc(F)ccc1SCC1CCCC1. The van der Waals surface area contributed by atoms with Gasteiger partial charge in [-0.3, -0.25) is 0 Å². The lowest BCUT2D eigenvalue weighted by molar-refractivity contribution is 0.196. The van der Waals surface area contributed by atoms with Crippen LogP contribution in [0.4, 0.5) is 4.39 Å². The third-order valence-electron chi connectivity index (χ3n) is 3.37. The summed E-state index contributed by atoms with van der Waals surface area (Å²) in [6.07, 6.45) is 4.73. The maximum absolute atomic E-state index is 13.1. The molecule has 0 saturated heterocycles. The fourth-order valence-electron chi connectivity index (χ4n) is 2.36. The zero-order valence-corrected chi connectivity index (χ0v) is 11.0. The predicted octanol–water partition coefficient (Wildman–Crippen LogP) is 4.16. The number of hydrogen-bond acceptors (Lipinski definition) is 2. The summed E-state index contributed by atoms with van der Waals surface area (Å²) in [5, 5.41) is 9.64. The van der Waals surface area contributed by atoms with Gasteiger partial charge in [0.2, 0.25) is 0 Å². The summed E-state index contributed by atoms with van der Waals surface area (Å²) in [5.41, 5.74) is 0.716. The Hall–Kier alpha value is -0.540. The first-order valence-corrected chi connectivity index (χ1v) is 7.25. The minimum absolute atomic E-state index is 0.272. The highest BCUT2D eigenvalue weighted by Crippen LogP contribution is 2.34. The average molecular weight is 254 g/mol. The molecule has 0 aromatic heterocycles. The van der Waals surface area contributed by atoms with E-state index in [1.54, 1.807) is 24.8 Å². The lowest BCUT2D eigenvalue weighted by Gasteiger charge is -2.14. The van der Waals surface area contributed by atoms with Gasteiger partial charge in [0.1, 0.15) is 5.82 Å². The number of halogens is 1. The molecule has 0 aliphatic heterocycles.